The number of likely N-dealkylation sites (N-methyl/N-ethyl adjacent to an activating group) is 1. The molecule has 0 saturated heterocycles. The van der Waals surface area contributed by atoms with Crippen molar-refractivity contribution in [3.63, 3.8) is 0 Å². The Hall–Kier alpha value is -1.12. The molecule has 2 amide bonds. The third-order valence-electron chi connectivity index (χ3n) is 8.67. The van der Waals surface area contributed by atoms with Gasteiger partial charge in [-0.25, -0.2) is 9.97 Å². The summed E-state index contributed by atoms with van der Waals surface area (Å²) < 4.78 is 17.4. The molecule has 0 spiro atoms. The molecule has 0 aliphatic carbocycles. The summed E-state index contributed by atoms with van der Waals surface area (Å²) in [5.41, 5.74) is 3.86. The van der Waals surface area contributed by atoms with Crippen LogP contribution in [0.3, 0.4) is 0 Å². The first-order valence-electron chi connectivity index (χ1n) is 20.2. The zero-order chi connectivity index (χ0) is 48.2. The maximum atomic E-state index is 12.7. The van der Waals surface area contributed by atoms with Crippen molar-refractivity contribution in [2.75, 3.05) is 64.4 Å². The van der Waals surface area contributed by atoms with E-state index in [0.29, 0.717) is 33.9 Å². The second-order valence-corrected chi connectivity index (χ2v) is 16.3. The van der Waals surface area contributed by atoms with E-state index in [9.17, 15) is 24.2 Å². The molecule has 17 nitrogen and oxygen atoms in total. The van der Waals surface area contributed by atoms with E-state index in [1.807, 2.05) is 63.1 Å². The number of fused-ring (bicyclic) bond motifs is 2. The van der Waals surface area contributed by atoms with Crippen LogP contribution >= 0.6 is 32.9 Å². The number of amides is 2. The van der Waals surface area contributed by atoms with Crippen molar-refractivity contribution in [1.29, 1.82) is 0 Å². The molecule has 4 aromatic heterocycles. The van der Waals surface area contributed by atoms with E-state index in [4.69, 9.17) is 11.4 Å². The van der Waals surface area contributed by atoms with Crippen LogP contribution in [0.5, 0.6) is 0 Å². The Morgan fingerprint density at radius 3 is 1.74 bits per heavy atom. The molecule has 66 heavy (non-hydrogen) atoms. The first-order valence-corrected chi connectivity index (χ1v) is 20.6. The van der Waals surface area contributed by atoms with Gasteiger partial charge in [0.1, 0.15) is 11.4 Å². The van der Waals surface area contributed by atoms with Crippen LogP contribution < -0.4 is 154 Å². The van der Waals surface area contributed by atoms with Crippen molar-refractivity contribution in [3.8, 4) is 0 Å². The first-order chi connectivity index (χ1) is 30.1. The minimum atomic E-state index is -1.13. The van der Waals surface area contributed by atoms with Crippen molar-refractivity contribution in [1.82, 2.24) is 39.7 Å². The molecule has 2 aromatic carbocycles. The summed E-state index contributed by atoms with van der Waals surface area (Å²) in [6.45, 7) is 13.0. The summed E-state index contributed by atoms with van der Waals surface area (Å²) in [5, 5.41) is 49.5. The van der Waals surface area contributed by atoms with Crippen molar-refractivity contribution < 1.29 is 180 Å². The number of nitrogens with zero attached hydrogens (tertiary/aromatic N) is 7. The number of alkyl halides is 2. The van der Waals surface area contributed by atoms with Gasteiger partial charge in [-0.1, -0.05) is 28.1 Å². The molecule has 0 fully saturated rings. The molecular weight excluding hydrogens is 1230 g/mol. The second kappa shape index (κ2) is 33.5. The minimum absolute atomic E-state index is 0. The number of carbonyl (C=O) groups excluding carboxylic acids is 3. The van der Waals surface area contributed by atoms with Crippen LogP contribution in [0.2, 0.25) is 0 Å². The Morgan fingerprint density at radius 1 is 0.894 bits per heavy atom. The summed E-state index contributed by atoms with van der Waals surface area (Å²) in [4.78, 5) is 49.1. The van der Waals surface area contributed by atoms with Gasteiger partial charge in [0.2, 0.25) is 0 Å². The molecule has 5 N–H and O–H groups in total. The van der Waals surface area contributed by atoms with Crippen LogP contribution in [-0.4, -0.2) is 122 Å². The predicted octanol–water partition coefficient (Wildman–Crippen LogP) is 0.189. The molecule has 6 aromatic rings. The van der Waals surface area contributed by atoms with Gasteiger partial charge in [0.15, 0.2) is 0 Å². The monoisotopic (exact) mass is 1290 g/mol. The predicted molar refractivity (Wildman–Crippen MR) is 257 cm³/mol. The van der Waals surface area contributed by atoms with Gasteiger partial charge in [-0.05, 0) is 118 Å². The fraction of sp³-hybridized carbons (Fsp3) is 0.386. The number of pyridine rings is 2. The van der Waals surface area contributed by atoms with E-state index in [2.05, 4.69) is 80.6 Å². The number of carbonyl (C=O) groups is 3. The van der Waals surface area contributed by atoms with E-state index < -0.39 is 18.4 Å². The molecule has 0 atom stereocenters. The van der Waals surface area contributed by atoms with Crippen molar-refractivity contribution in [2.24, 2.45) is 0 Å². The summed E-state index contributed by atoms with van der Waals surface area (Å²) in [6, 6.07) is 17.9. The minimum Gasteiger partial charge on any atom is -1.00 e. The smallest absolute Gasteiger partial charge is 1.00 e. The maximum Gasteiger partial charge on any atom is 1.00 e. The van der Waals surface area contributed by atoms with Crippen LogP contribution in [-0.2, 0) is 27.4 Å². The third-order valence-corrected chi connectivity index (χ3v) is 9.03. The van der Waals surface area contributed by atoms with Crippen molar-refractivity contribution in [3.05, 3.63) is 107 Å². The van der Waals surface area contributed by atoms with Crippen LogP contribution in [0.25, 0.3) is 21.8 Å². The summed E-state index contributed by atoms with van der Waals surface area (Å²) >= 11 is 3.31. The number of anilines is 2. The Kier molecular flexibility index (Phi) is 32.9. The molecule has 0 unspecified atom stereocenters. The zero-order valence-electron chi connectivity index (χ0n) is 41.8. The molecule has 352 valence electrons. The summed E-state index contributed by atoms with van der Waals surface area (Å²) in [7, 11) is 7.15. The zero-order valence-corrected chi connectivity index (χ0v) is 55.6. The van der Waals surface area contributed by atoms with Gasteiger partial charge >= 0.3 is 138 Å². The fourth-order valence-electron chi connectivity index (χ4n) is 5.63. The molecular formula is C44H61Br2Cs2FN10O7. The van der Waals surface area contributed by atoms with Crippen LogP contribution in [0.15, 0.2) is 73.1 Å². The molecule has 0 aliphatic heterocycles. The number of aryl methyl sites for hydroxylation is 2. The Bertz CT molecular complexity index is 2420. The number of benzene rings is 2. The van der Waals surface area contributed by atoms with Gasteiger partial charge in [-0.15, -0.1) is 17.0 Å². The number of aromatic nitrogens is 6. The number of H-pyrrole nitrogens is 1. The number of rotatable bonds is 12. The van der Waals surface area contributed by atoms with E-state index in [1.165, 1.54) is 0 Å². The largest absolute Gasteiger partial charge is 1.00 e. The van der Waals surface area contributed by atoms with Gasteiger partial charge in [0.25, 0.3) is 18.3 Å². The van der Waals surface area contributed by atoms with Gasteiger partial charge < -0.3 is 42.2 Å². The summed E-state index contributed by atoms with van der Waals surface area (Å²) in [5.74, 6) is -0.629. The number of halogens is 3. The van der Waals surface area contributed by atoms with E-state index in [1.54, 1.807) is 70.3 Å². The Balaban J connectivity index is -0.000000951. The maximum absolute atomic E-state index is 12.7. The van der Waals surface area contributed by atoms with Gasteiger partial charge in [0, 0.05) is 69.3 Å². The molecule has 6 rings (SSSR count). The Labute approximate surface area is 525 Å². The number of aromatic amines is 1. The number of hydrogen-bond donors (Lipinski definition) is 5. The Morgan fingerprint density at radius 2 is 1.35 bits per heavy atom. The number of nitrogens with one attached hydrogen (secondary N) is 3. The van der Waals surface area contributed by atoms with E-state index in [0.717, 1.165) is 58.2 Å². The van der Waals surface area contributed by atoms with Crippen LogP contribution in [0, 0.1) is 13.8 Å². The molecule has 0 saturated carbocycles. The fourth-order valence-corrected chi connectivity index (χ4v) is 6.34. The molecule has 0 radical (unpaired) electrons. The molecule has 0 bridgehead atoms. The number of hydrogen-bond acceptors (Lipinski definition) is 13. The molecule has 4 heterocycles. The second-order valence-electron chi connectivity index (χ2n) is 15.5. The average Bonchev–Trinajstić information content (AvgIpc) is 3.85. The molecule has 0 aliphatic rings. The average molecular weight is 1290 g/mol. The normalized spacial score (nSPS) is 10.7. The van der Waals surface area contributed by atoms with Gasteiger partial charge in [-0.3, -0.25) is 28.6 Å². The topological polar surface area (TPSA) is 227 Å². The van der Waals surface area contributed by atoms with Crippen LogP contribution in [0.4, 0.5) is 15.8 Å². The third kappa shape index (κ3) is 23.2. The standard InChI is InChI=1S/C21H27N5O2.C17H18N4O2.C4H10BrN.CH3F.CH2O3.BrH.2Cs.H/c1-14-7-6-8-17(22-14)20(27)23-19-11-15-13-26(10-9-25(4)5)24-18(15)12-16(19)21(2,3)28;1-10-5-4-6-13(19-10)16(22)20-15-7-11-9-18-21-14(11)8-12(15)17(2,3)23;1-6(2)4-3-5;1-2;2-1-4-3;;;;/h6-8,11-13,28H,9-10H2,1-5H3,(H,23,27);4-9,23H,1-3H3,(H,18,21)(H,20,22);3-4H2,1-2H3;1H3;1,3H;1H;;;/q;;;;;;2*+1;-1/p-1/i;;;1D;;;;;. The first kappa shape index (κ1) is 64.9. The van der Waals surface area contributed by atoms with Crippen molar-refractivity contribution in [2.45, 2.75) is 59.3 Å². The van der Waals surface area contributed by atoms with Gasteiger partial charge in [0.05, 0.1) is 43.5 Å². The van der Waals surface area contributed by atoms with Crippen LogP contribution in [0.1, 0.15) is 74.0 Å². The summed E-state index contributed by atoms with van der Waals surface area (Å²) in [6.07, 6.45) is 3.62. The van der Waals surface area contributed by atoms with E-state index >= 15 is 0 Å². The van der Waals surface area contributed by atoms with Gasteiger partial charge in [-0.2, -0.15) is 10.2 Å². The molecule has 22 heteroatoms. The SMILES string of the molecule is Br.CN(C)CCBr.Cc1cccc(C(=O)Nc2cc3cn(CCN(C)C)nc3cc2C(C)(C)O)n1.Cc1cccc(C(=O)Nc2cc3cn[nH]c3cc2C(C)(C)O)n1.O=CO[O-].[2H]CF.[Cs+].[Cs+].[H-]. The quantitative estimate of drug-likeness (QED) is 0.0478. The number of aliphatic hydroxyl groups is 2. The van der Waals surface area contributed by atoms with E-state index in [-0.39, 0.29) is 174 Å². The van der Waals surface area contributed by atoms with Crippen molar-refractivity contribution >= 4 is 84.4 Å².